The van der Waals surface area contributed by atoms with Crippen LogP contribution in [0.3, 0.4) is 0 Å². The summed E-state index contributed by atoms with van der Waals surface area (Å²) >= 11 is 0. The quantitative estimate of drug-likeness (QED) is 0.752. The summed E-state index contributed by atoms with van der Waals surface area (Å²) in [6.45, 7) is 8.29. The molecule has 0 spiro atoms. The number of rotatable bonds is 8. The third kappa shape index (κ3) is 4.74. The fourth-order valence-corrected chi connectivity index (χ4v) is 1.94. The molecule has 5 nitrogen and oxygen atoms in total. The van der Waals surface area contributed by atoms with E-state index in [1.165, 1.54) is 19.4 Å². The molecule has 102 valence electrons. The fourth-order valence-electron chi connectivity index (χ4n) is 1.94. The predicted molar refractivity (Wildman–Crippen MR) is 72.2 cm³/mol. The van der Waals surface area contributed by atoms with Crippen molar-refractivity contribution in [2.24, 2.45) is 5.92 Å². The van der Waals surface area contributed by atoms with Crippen molar-refractivity contribution >= 4 is 0 Å². The molecule has 1 aliphatic carbocycles. The summed E-state index contributed by atoms with van der Waals surface area (Å²) in [4.78, 5) is 2.39. The normalized spacial score (nSPS) is 15.8. The van der Waals surface area contributed by atoms with Crippen LogP contribution in [0.1, 0.15) is 32.4 Å². The molecule has 5 heteroatoms. The minimum atomic E-state index is 0.486. The third-order valence-electron chi connectivity index (χ3n) is 3.26. The molecule has 2 rings (SSSR count). The Hall–Kier alpha value is -0.940. The van der Waals surface area contributed by atoms with Crippen molar-refractivity contribution in [2.45, 2.75) is 45.8 Å². The highest BCUT2D eigenvalue weighted by Crippen LogP contribution is 2.29. The monoisotopic (exact) mass is 251 g/mol. The molecule has 1 heterocycles. The number of hydrogen-bond donors (Lipinski definition) is 1. The van der Waals surface area contributed by atoms with Crippen LogP contribution in [0, 0.1) is 5.92 Å². The molecule has 0 atom stereocenters. The van der Waals surface area contributed by atoms with E-state index in [-0.39, 0.29) is 0 Å². The van der Waals surface area contributed by atoms with Crippen LogP contribution in [-0.2, 0) is 13.1 Å². The van der Waals surface area contributed by atoms with Gasteiger partial charge in [-0.05, 0) is 25.8 Å². The first-order valence-electron chi connectivity index (χ1n) is 6.94. The van der Waals surface area contributed by atoms with Gasteiger partial charge in [-0.2, -0.15) is 0 Å². The summed E-state index contributed by atoms with van der Waals surface area (Å²) in [6, 6.07) is 0.486. The summed E-state index contributed by atoms with van der Waals surface area (Å²) in [6.07, 6.45) is 4.87. The van der Waals surface area contributed by atoms with Gasteiger partial charge in [0.05, 0.1) is 12.2 Å². The van der Waals surface area contributed by atoms with Gasteiger partial charge in [-0.15, -0.1) is 5.10 Å². The Labute approximate surface area is 110 Å². The summed E-state index contributed by atoms with van der Waals surface area (Å²) in [5, 5.41) is 11.7. The molecule has 1 fully saturated rings. The number of nitrogens with one attached hydrogen (secondary N) is 1. The molecule has 18 heavy (non-hydrogen) atoms. The molecular formula is C13H25N5. The Morgan fingerprint density at radius 3 is 2.94 bits per heavy atom. The van der Waals surface area contributed by atoms with Gasteiger partial charge in [-0.25, -0.2) is 0 Å². The van der Waals surface area contributed by atoms with Crippen molar-refractivity contribution in [3.8, 4) is 0 Å². The summed E-state index contributed by atoms with van der Waals surface area (Å²) in [5.74, 6) is 0.955. The highest BCUT2D eigenvalue weighted by atomic mass is 15.4. The maximum absolute atomic E-state index is 4.17. The first-order chi connectivity index (χ1) is 8.63. The Kier molecular flexibility index (Phi) is 4.72. The Morgan fingerprint density at radius 2 is 2.28 bits per heavy atom. The molecule has 0 unspecified atom stereocenters. The van der Waals surface area contributed by atoms with Gasteiger partial charge in [0.25, 0.3) is 0 Å². The van der Waals surface area contributed by atoms with Gasteiger partial charge in [0.15, 0.2) is 0 Å². The minimum Gasteiger partial charge on any atom is -0.309 e. The average Bonchev–Trinajstić information content (AvgIpc) is 3.01. The molecule has 0 aromatic carbocycles. The van der Waals surface area contributed by atoms with E-state index in [0.29, 0.717) is 6.04 Å². The first-order valence-corrected chi connectivity index (χ1v) is 6.94. The summed E-state index contributed by atoms with van der Waals surface area (Å²) < 4.78 is 1.95. The zero-order valence-electron chi connectivity index (χ0n) is 11.8. The van der Waals surface area contributed by atoms with Crippen LogP contribution >= 0.6 is 0 Å². The second kappa shape index (κ2) is 6.29. The van der Waals surface area contributed by atoms with E-state index in [1.54, 1.807) is 0 Å². The van der Waals surface area contributed by atoms with E-state index in [0.717, 1.165) is 31.2 Å². The van der Waals surface area contributed by atoms with E-state index >= 15 is 0 Å². The van der Waals surface area contributed by atoms with Crippen molar-refractivity contribution in [1.82, 2.24) is 25.2 Å². The van der Waals surface area contributed by atoms with E-state index in [1.807, 2.05) is 10.9 Å². The van der Waals surface area contributed by atoms with Crippen LogP contribution in [0.4, 0.5) is 0 Å². The lowest BCUT2D eigenvalue weighted by Gasteiger charge is -2.15. The highest BCUT2D eigenvalue weighted by molar-refractivity contribution is 4.91. The average molecular weight is 251 g/mol. The Balaban J connectivity index is 1.68. The molecule has 1 saturated carbocycles. The molecule has 1 N–H and O–H groups in total. The topological polar surface area (TPSA) is 46.0 Å². The third-order valence-corrected chi connectivity index (χ3v) is 3.26. The molecule has 0 radical (unpaired) electrons. The minimum absolute atomic E-state index is 0.486. The van der Waals surface area contributed by atoms with Crippen LogP contribution in [0.5, 0.6) is 0 Å². The number of aromatic nitrogens is 3. The lowest BCUT2D eigenvalue weighted by molar-refractivity contribution is 0.299. The van der Waals surface area contributed by atoms with Crippen molar-refractivity contribution < 1.29 is 0 Å². The van der Waals surface area contributed by atoms with Crippen LogP contribution in [0.15, 0.2) is 6.20 Å². The molecule has 0 amide bonds. The number of nitrogens with zero attached hydrogens (tertiary/aromatic N) is 4. The van der Waals surface area contributed by atoms with Gasteiger partial charge in [-0.1, -0.05) is 19.1 Å². The van der Waals surface area contributed by atoms with E-state index in [9.17, 15) is 0 Å². The smallest absolute Gasteiger partial charge is 0.0964 e. The van der Waals surface area contributed by atoms with Crippen molar-refractivity contribution in [1.29, 1.82) is 0 Å². The van der Waals surface area contributed by atoms with Gasteiger partial charge < -0.3 is 10.2 Å². The lowest BCUT2D eigenvalue weighted by Crippen LogP contribution is -2.25. The summed E-state index contributed by atoms with van der Waals surface area (Å²) in [5.41, 5.74) is 1.02. The van der Waals surface area contributed by atoms with Gasteiger partial charge in [-0.3, -0.25) is 4.68 Å². The molecular weight excluding hydrogens is 226 g/mol. The highest BCUT2D eigenvalue weighted by Gasteiger charge is 2.22. The predicted octanol–water partition coefficient (Wildman–Crippen LogP) is 1.12. The molecule has 0 saturated heterocycles. The molecule has 0 bridgehead atoms. The number of likely N-dealkylation sites (N-methyl/N-ethyl adjacent to an activating group) is 1. The van der Waals surface area contributed by atoms with E-state index < -0.39 is 0 Å². The lowest BCUT2D eigenvalue weighted by atomic mass is 10.3. The van der Waals surface area contributed by atoms with Crippen LogP contribution in [-0.4, -0.2) is 46.1 Å². The number of hydrogen-bond acceptors (Lipinski definition) is 4. The van der Waals surface area contributed by atoms with E-state index in [4.69, 9.17) is 0 Å². The molecule has 1 aromatic rings. The second-order valence-corrected chi connectivity index (χ2v) is 5.71. The zero-order chi connectivity index (χ0) is 13.0. The fraction of sp³-hybridized carbons (Fsp3) is 0.846. The summed E-state index contributed by atoms with van der Waals surface area (Å²) in [7, 11) is 2.19. The Bertz CT molecular complexity index is 356. The van der Waals surface area contributed by atoms with Gasteiger partial charge in [0.2, 0.25) is 0 Å². The maximum Gasteiger partial charge on any atom is 0.0964 e. The second-order valence-electron chi connectivity index (χ2n) is 5.71. The van der Waals surface area contributed by atoms with Gasteiger partial charge in [0.1, 0.15) is 0 Å². The van der Waals surface area contributed by atoms with Gasteiger partial charge in [0, 0.05) is 31.9 Å². The molecule has 1 aromatic heterocycles. The van der Waals surface area contributed by atoms with Crippen LogP contribution in [0.25, 0.3) is 0 Å². The Morgan fingerprint density at radius 1 is 1.50 bits per heavy atom. The SMILES string of the molecule is CC(C)NCc1cn(CCN(C)CC2CC2)nn1. The first kappa shape index (κ1) is 13.5. The van der Waals surface area contributed by atoms with Crippen LogP contribution < -0.4 is 5.32 Å². The van der Waals surface area contributed by atoms with Crippen molar-refractivity contribution in [2.75, 3.05) is 20.1 Å². The van der Waals surface area contributed by atoms with E-state index in [2.05, 4.69) is 41.4 Å². The van der Waals surface area contributed by atoms with Crippen molar-refractivity contribution in [3.05, 3.63) is 11.9 Å². The molecule has 0 aliphatic heterocycles. The van der Waals surface area contributed by atoms with Gasteiger partial charge >= 0.3 is 0 Å². The largest absolute Gasteiger partial charge is 0.309 e. The standard InChI is InChI=1S/C13H25N5/c1-11(2)14-8-13-10-18(16-15-13)7-6-17(3)9-12-4-5-12/h10-12,14H,4-9H2,1-3H3. The van der Waals surface area contributed by atoms with Crippen molar-refractivity contribution in [3.63, 3.8) is 0 Å². The zero-order valence-corrected chi connectivity index (χ0v) is 11.8. The molecule has 1 aliphatic rings. The maximum atomic E-state index is 4.17. The van der Waals surface area contributed by atoms with Crippen LogP contribution in [0.2, 0.25) is 0 Å².